The highest BCUT2D eigenvalue weighted by atomic mass is 16.6. The Bertz CT molecular complexity index is 497. The molecule has 1 aliphatic carbocycles. The van der Waals surface area contributed by atoms with E-state index < -0.39 is 0 Å². The van der Waals surface area contributed by atoms with E-state index in [-0.39, 0.29) is 25.3 Å². The Morgan fingerprint density at radius 2 is 2.16 bits per heavy atom. The Kier molecular flexibility index (Phi) is 3.25. The molecule has 4 heteroatoms. The van der Waals surface area contributed by atoms with Gasteiger partial charge in [-0.1, -0.05) is 42.0 Å². The van der Waals surface area contributed by atoms with Crippen LogP contribution < -0.4 is 0 Å². The van der Waals surface area contributed by atoms with E-state index in [9.17, 15) is 9.90 Å². The Morgan fingerprint density at radius 3 is 2.89 bits per heavy atom. The van der Waals surface area contributed by atoms with E-state index in [1.54, 1.807) is 4.90 Å². The second kappa shape index (κ2) is 5.05. The largest absolute Gasteiger partial charge is 0.445 e. The number of carbonyl (C=O) groups excluding carboxylic acids is 1. The van der Waals surface area contributed by atoms with Crippen LogP contribution >= 0.6 is 0 Å². The SMILES string of the molecule is O=C(OCc1ccccc1)N1C[C@H]2C=C2CC1CO. The quantitative estimate of drug-likeness (QED) is 0.844. The molecule has 3 rings (SSSR count). The molecule has 1 N–H and O–H groups in total. The van der Waals surface area contributed by atoms with Gasteiger partial charge in [-0.15, -0.1) is 0 Å². The van der Waals surface area contributed by atoms with Crippen LogP contribution in [0.1, 0.15) is 12.0 Å². The molecule has 1 aromatic carbocycles. The van der Waals surface area contributed by atoms with E-state index in [0.717, 1.165) is 12.0 Å². The third kappa shape index (κ3) is 2.63. The maximum absolute atomic E-state index is 12.1. The van der Waals surface area contributed by atoms with Crippen molar-refractivity contribution in [2.75, 3.05) is 13.2 Å². The number of hydrogen-bond acceptors (Lipinski definition) is 3. The monoisotopic (exact) mass is 259 g/mol. The maximum atomic E-state index is 12.1. The summed E-state index contributed by atoms with van der Waals surface area (Å²) in [7, 11) is 0. The van der Waals surface area contributed by atoms with Crippen LogP contribution in [0.4, 0.5) is 4.79 Å². The summed E-state index contributed by atoms with van der Waals surface area (Å²) in [6.07, 6.45) is 2.61. The summed E-state index contributed by atoms with van der Waals surface area (Å²) in [5, 5.41) is 9.36. The lowest BCUT2D eigenvalue weighted by Gasteiger charge is -2.33. The van der Waals surface area contributed by atoms with Gasteiger partial charge in [0, 0.05) is 12.5 Å². The van der Waals surface area contributed by atoms with Gasteiger partial charge < -0.3 is 14.7 Å². The molecule has 100 valence electrons. The molecule has 1 heterocycles. The van der Waals surface area contributed by atoms with Crippen LogP contribution in [0.15, 0.2) is 42.0 Å². The average molecular weight is 259 g/mol. The summed E-state index contributed by atoms with van der Waals surface area (Å²) in [5.74, 6) is 0.423. The Hall–Kier alpha value is -1.81. The molecule has 0 radical (unpaired) electrons. The van der Waals surface area contributed by atoms with Crippen molar-refractivity contribution < 1.29 is 14.6 Å². The summed E-state index contributed by atoms with van der Waals surface area (Å²) < 4.78 is 5.32. The van der Waals surface area contributed by atoms with E-state index in [1.165, 1.54) is 5.57 Å². The van der Waals surface area contributed by atoms with E-state index in [2.05, 4.69) is 6.08 Å². The number of carbonyl (C=O) groups is 1. The van der Waals surface area contributed by atoms with Gasteiger partial charge >= 0.3 is 6.09 Å². The molecule has 1 saturated heterocycles. The number of fused-ring (bicyclic) bond motifs is 1. The Labute approximate surface area is 112 Å². The molecule has 2 aliphatic rings. The van der Waals surface area contributed by atoms with Gasteiger partial charge in [-0.25, -0.2) is 4.79 Å². The first-order chi connectivity index (χ1) is 9.28. The van der Waals surface area contributed by atoms with Gasteiger partial charge in [0.25, 0.3) is 0 Å². The fourth-order valence-corrected chi connectivity index (χ4v) is 2.53. The second-order valence-corrected chi connectivity index (χ2v) is 5.08. The van der Waals surface area contributed by atoms with Gasteiger partial charge in [-0.05, 0) is 12.0 Å². The standard InChI is InChI=1S/C15H17NO3/c17-9-14-7-12-6-13(12)8-16(14)15(18)19-10-11-4-2-1-3-5-11/h1-6,13-14,17H,7-10H2/t13-,14?/m1/s1. The second-order valence-electron chi connectivity index (χ2n) is 5.08. The number of rotatable bonds is 3. The van der Waals surface area contributed by atoms with Gasteiger partial charge in [0.05, 0.1) is 12.6 Å². The molecule has 1 amide bonds. The zero-order chi connectivity index (χ0) is 13.2. The van der Waals surface area contributed by atoms with Crippen LogP contribution in [0.25, 0.3) is 0 Å². The molecule has 1 unspecified atom stereocenters. The number of piperidine rings is 1. The average Bonchev–Trinajstić information content (AvgIpc) is 3.22. The van der Waals surface area contributed by atoms with Crippen molar-refractivity contribution in [1.82, 2.24) is 4.90 Å². The van der Waals surface area contributed by atoms with Crippen molar-refractivity contribution in [3.63, 3.8) is 0 Å². The maximum Gasteiger partial charge on any atom is 0.410 e. The summed E-state index contributed by atoms with van der Waals surface area (Å²) in [6.45, 7) is 0.915. The predicted octanol–water partition coefficient (Wildman–Crippen LogP) is 1.95. The number of aliphatic hydroxyl groups is 1. The third-order valence-corrected chi connectivity index (χ3v) is 3.74. The number of aliphatic hydroxyl groups excluding tert-OH is 1. The van der Waals surface area contributed by atoms with Crippen LogP contribution in [0.2, 0.25) is 0 Å². The molecule has 1 aromatic rings. The molecule has 0 spiro atoms. The lowest BCUT2D eigenvalue weighted by atomic mass is 10.0. The molecule has 0 saturated carbocycles. The normalized spacial score (nSPS) is 24.5. The van der Waals surface area contributed by atoms with Crippen molar-refractivity contribution in [2.24, 2.45) is 5.92 Å². The van der Waals surface area contributed by atoms with Gasteiger partial charge in [0.2, 0.25) is 0 Å². The topological polar surface area (TPSA) is 49.8 Å². The highest BCUT2D eigenvalue weighted by molar-refractivity contribution is 5.69. The molecular weight excluding hydrogens is 242 g/mol. The number of likely N-dealkylation sites (tertiary alicyclic amines) is 1. The smallest absolute Gasteiger partial charge is 0.410 e. The fraction of sp³-hybridized carbons (Fsp3) is 0.400. The number of benzene rings is 1. The van der Waals surface area contributed by atoms with E-state index in [4.69, 9.17) is 4.74 Å². The molecule has 19 heavy (non-hydrogen) atoms. The highest BCUT2D eigenvalue weighted by Gasteiger charge is 2.39. The minimum Gasteiger partial charge on any atom is -0.445 e. The molecule has 2 atom stereocenters. The van der Waals surface area contributed by atoms with Crippen LogP contribution in [0.3, 0.4) is 0 Å². The molecule has 1 aliphatic heterocycles. The summed E-state index contributed by atoms with van der Waals surface area (Å²) in [6, 6.07) is 9.48. The first kappa shape index (κ1) is 12.2. The summed E-state index contributed by atoms with van der Waals surface area (Å²) in [5.41, 5.74) is 2.34. The van der Waals surface area contributed by atoms with Crippen molar-refractivity contribution in [2.45, 2.75) is 19.1 Å². The van der Waals surface area contributed by atoms with Gasteiger partial charge in [-0.2, -0.15) is 0 Å². The highest BCUT2D eigenvalue weighted by Crippen LogP contribution is 2.39. The van der Waals surface area contributed by atoms with Crippen molar-refractivity contribution in [3.05, 3.63) is 47.5 Å². The van der Waals surface area contributed by atoms with Crippen molar-refractivity contribution in [1.29, 1.82) is 0 Å². The van der Waals surface area contributed by atoms with Crippen LogP contribution in [0.5, 0.6) is 0 Å². The van der Waals surface area contributed by atoms with E-state index in [1.807, 2.05) is 30.3 Å². The molecule has 1 fully saturated rings. The van der Waals surface area contributed by atoms with Crippen molar-refractivity contribution in [3.8, 4) is 0 Å². The molecule has 4 nitrogen and oxygen atoms in total. The lowest BCUT2D eigenvalue weighted by molar-refractivity contribution is 0.0569. The first-order valence-corrected chi connectivity index (χ1v) is 6.56. The van der Waals surface area contributed by atoms with E-state index in [0.29, 0.717) is 12.5 Å². The number of ether oxygens (including phenoxy) is 1. The Balaban J connectivity index is 1.57. The molecule has 0 aromatic heterocycles. The van der Waals surface area contributed by atoms with Crippen LogP contribution in [-0.2, 0) is 11.3 Å². The lowest BCUT2D eigenvalue weighted by Crippen LogP contribution is -2.46. The minimum atomic E-state index is -0.331. The number of amides is 1. The number of hydrogen-bond donors (Lipinski definition) is 1. The van der Waals surface area contributed by atoms with E-state index >= 15 is 0 Å². The summed E-state index contributed by atoms with van der Waals surface area (Å²) >= 11 is 0. The summed E-state index contributed by atoms with van der Waals surface area (Å²) in [4.78, 5) is 13.7. The third-order valence-electron chi connectivity index (χ3n) is 3.74. The Morgan fingerprint density at radius 1 is 1.37 bits per heavy atom. The zero-order valence-electron chi connectivity index (χ0n) is 10.7. The van der Waals surface area contributed by atoms with Crippen LogP contribution in [-0.4, -0.2) is 35.3 Å². The number of nitrogens with zero attached hydrogens (tertiary/aromatic N) is 1. The van der Waals surface area contributed by atoms with Crippen LogP contribution in [0, 0.1) is 5.92 Å². The zero-order valence-corrected chi connectivity index (χ0v) is 10.7. The predicted molar refractivity (Wildman–Crippen MR) is 70.4 cm³/mol. The van der Waals surface area contributed by atoms with Gasteiger partial charge in [-0.3, -0.25) is 0 Å². The molecule has 0 bridgehead atoms. The van der Waals surface area contributed by atoms with Gasteiger partial charge in [0.15, 0.2) is 0 Å². The minimum absolute atomic E-state index is 0.00943. The van der Waals surface area contributed by atoms with Crippen molar-refractivity contribution >= 4 is 6.09 Å². The molecular formula is C15H17NO3. The van der Waals surface area contributed by atoms with Gasteiger partial charge in [0.1, 0.15) is 6.61 Å². The first-order valence-electron chi connectivity index (χ1n) is 6.56. The fourth-order valence-electron chi connectivity index (χ4n) is 2.53.